The van der Waals surface area contributed by atoms with Crippen molar-refractivity contribution in [2.45, 2.75) is 51.0 Å². The predicted molar refractivity (Wildman–Crippen MR) is 188 cm³/mol. The Hall–Kier alpha value is -3.63. The number of benzene rings is 2. The zero-order chi connectivity index (χ0) is 33.5. The summed E-state index contributed by atoms with van der Waals surface area (Å²) in [7, 11) is 0. The largest absolute Gasteiger partial charge is 0.478 e. The van der Waals surface area contributed by atoms with Crippen LogP contribution in [0.4, 0.5) is 5.69 Å². The lowest BCUT2D eigenvalue weighted by atomic mass is 9.81. The summed E-state index contributed by atoms with van der Waals surface area (Å²) in [5.41, 5.74) is 4.11. The molecule has 0 saturated carbocycles. The Morgan fingerprint density at radius 3 is 2.42 bits per heavy atom. The standard InChI is InChI=1S/C38H46ClN3O6/c1-38(42-18-7-19-42)13-12-31-34(26-38)48-33-25-28(41-16-6-17-41)9-11-30(33)35(31)32-24-27(8-10-29(32)37(44)45)36(43)40-15-21-47-23-22-46-20-5-3-2-4-14-39/h8-13,24-26H,2-7,14-23H2,1H3,(H,40,43)(H,44,45). The van der Waals surface area contributed by atoms with Gasteiger partial charge in [0.15, 0.2) is 0 Å². The molecule has 1 atom stereocenters. The van der Waals surface area contributed by atoms with E-state index in [1.165, 1.54) is 6.07 Å². The van der Waals surface area contributed by atoms with Gasteiger partial charge < -0.3 is 29.5 Å². The predicted octanol–water partition coefficient (Wildman–Crippen LogP) is 6.27. The Balaban J connectivity index is 1.19. The summed E-state index contributed by atoms with van der Waals surface area (Å²) < 4.78 is 17.9. The molecule has 2 saturated heterocycles. The van der Waals surface area contributed by atoms with E-state index in [1.54, 1.807) is 12.1 Å². The summed E-state index contributed by atoms with van der Waals surface area (Å²) in [6, 6.07) is 10.9. The monoisotopic (exact) mass is 675 g/mol. The molecule has 1 aliphatic carbocycles. The van der Waals surface area contributed by atoms with E-state index in [-0.39, 0.29) is 17.0 Å². The molecule has 1 amide bonds. The van der Waals surface area contributed by atoms with Gasteiger partial charge in [0.25, 0.3) is 5.91 Å². The third-order valence-electron chi connectivity index (χ3n) is 9.62. The normalized spacial score (nSPS) is 19.9. The molecule has 0 spiro atoms. The van der Waals surface area contributed by atoms with Crippen LogP contribution in [0.25, 0.3) is 5.57 Å². The lowest BCUT2D eigenvalue weighted by Gasteiger charge is -2.45. The molecular weight excluding hydrogens is 630 g/mol. The van der Waals surface area contributed by atoms with Gasteiger partial charge in [0.05, 0.1) is 30.9 Å². The van der Waals surface area contributed by atoms with Gasteiger partial charge in [-0.3, -0.25) is 9.69 Å². The molecule has 48 heavy (non-hydrogen) atoms. The summed E-state index contributed by atoms with van der Waals surface area (Å²) in [5.74, 6) is 0.739. The highest BCUT2D eigenvalue weighted by Crippen LogP contribution is 2.47. The Morgan fingerprint density at radius 1 is 0.938 bits per heavy atom. The zero-order valence-corrected chi connectivity index (χ0v) is 28.5. The maximum atomic E-state index is 13.3. The number of aromatic carboxylic acids is 1. The van der Waals surface area contributed by atoms with Crippen LogP contribution in [-0.2, 0) is 9.47 Å². The smallest absolute Gasteiger partial charge is 0.336 e. The molecule has 2 N–H and O–H groups in total. The molecule has 0 bridgehead atoms. The summed E-state index contributed by atoms with van der Waals surface area (Å²) >= 11 is 5.71. The number of fused-ring (bicyclic) bond motifs is 2. The van der Waals surface area contributed by atoms with Crippen molar-refractivity contribution in [1.29, 1.82) is 0 Å². The van der Waals surface area contributed by atoms with Gasteiger partial charge in [-0.15, -0.1) is 11.6 Å². The Bertz CT molecular complexity index is 1590. The molecule has 9 nitrogen and oxygen atoms in total. The summed E-state index contributed by atoms with van der Waals surface area (Å²) in [4.78, 5) is 30.6. The molecule has 2 aromatic rings. The van der Waals surface area contributed by atoms with Gasteiger partial charge >= 0.3 is 5.97 Å². The Kier molecular flexibility index (Phi) is 11.2. The van der Waals surface area contributed by atoms with E-state index in [1.807, 2.05) is 6.07 Å². The van der Waals surface area contributed by atoms with Gasteiger partial charge in [0.1, 0.15) is 11.5 Å². The highest BCUT2D eigenvalue weighted by Gasteiger charge is 2.38. The first-order valence-electron chi connectivity index (χ1n) is 17.2. The van der Waals surface area contributed by atoms with Crippen molar-refractivity contribution >= 4 is 34.7 Å². The second kappa shape index (κ2) is 15.7. The molecular formula is C38H46ClN3O6. The minimum atomic E-state index is -1.06. The molecule has 1 unspecified atom stereocenters. The number of amides is 1. The topological polar surface area (TPSA) is 101 Å². The average Bonchev–Trinajstić information content (AvgIpc) is 3.01. The number of likely N-dealkylation sites (tertiary alicyclic amines) is 1. The number of nitrogens with one attached hydrogen (secondary N) is 1. The first-order valence-corrected chi connectivity index (χ1v) is 17.8. The van der Waals surface area contributed by atoms with Crippen molar-refractivity contribution < 1.29 is 28.9 Å². The first kappa shape index (κ1) is 34.2. The zero-order valence-electron chi connectivity index (χ0n) is 27.8. The van der Waals surface area contributed by atoms with Crippen molar-refractivity contribution in [1.82, 2.24) is 10.2 Å². The fraction of sp³-hybridized carbons (Fsp3) is 0.474. The lowest BCUT2D eigenvalue weighted by molar-refractivity contribution is 0.0468. The highest BCUT2D eigenvalue weighted by atomic mass is 35.5. The second-order valence-electron chi connectivity index (χ2n) is 13.0. The van der Waals surface area contributed by atoms with E-state index in [2.05, 4.69) is 52.4 Å². The lowest BCUT2D eigenvalue weighted by Crippen LogP contribution is -2.52. The maximum Gasteiger partial charge on any atom is 0.336 e. The van der Waals surface area contributed by atoms with Crippen LogP contribution in [0.3, 0.4) is 0 Å². The molecule has 0 radical (unpaired) electrons. The fourth-order valence-electron chi connectivity index (χ4n) is 6.53. The number of unbranched alkanes of at least 4 members (excludes halogenated alkanes) is 3. The molecule has 6 rings (SSSR count). The van der Waals surface area contributed by atoms with Gasteiger partial charge in [-0.25, -0.2) is 4.79 Å². The second-order valence-corrected chi connectivity index (χ2v) is 13.3. The van der Waals surface area contributed by atoms with Crippen LogP contribution in [0.1, 0.15) is 77.3 Å². The SMILES string of the molecule is CC1(N2CCC2)C=CC2=C(c3cc(C(=O)NCCOCCOCCCCCCCl)ccc3C(=O)O)c3ccc(N4CCC4)cc3OC2=C1. The number of carboxylic acid groups (broad SMARTS) is 1. The number of halogens is 1. The van der Waals surface area contributed by atoms with Crippen LogP contribution in [-0.4, -0.2) is 92.5 Å². The third-order valence-corrected chi connectivity index (χ3v) is 9.88. The number of rotatable bonds is 17. The van der Waals surface area contributed by atoms with Crippen molar-refractivity contribution in [3.8, 4) is 5.75 Å². The van der Waals surface area contributed by atoms with Crippen LogP contribution < -0.4 is 15.0 Å². The molecule has 3 aliphatic heterocycles. The van der Waals surface area contributed by atoms with Gasteiger partial charge in [-0.05, 0) is 74.6 Å². The number of hydrogen-bond donors (Lipinski definition) is 2. The van der Waals surface area contributed by atoms with Crippen LogP contribution in [0.2, 0.25) is 0 Å². The van der Waals surface area contributed by atoms with Crippen molar-refractivity contribution in [3.63, 3.8) is 0 Å². The van der Waals surface area contributed by atoms with Gasteiger partial charge in [0, 0.05) is 79.2 Å². The van der Waals surface area contributed by atoms with E-state index >= 15 is 0 Å². The van der Waals surface area contributed by atoms with E-state index < -0.39 is 5.97 Å². The van der Waals surface area contributed by atoms with Crippen LogP contribution in [0.15, 0.2) is 66.0 Å². The number of carbonyl (C=O) groups is 2. The number of hydrogen-bond acceptors (Lipinski definition) is 7. The van der Waals surface area contributed by atoms with Gasteiger partial charge in [-0.2, -0.15) is 0 Å². The third kappa shape index (κ3) is 7.65. The summed E-state index contributed by atoms with van der Waals surface area (Å²) in [6.07, 6.45) is 13.0. The number of anilines is 1. The molecule has 2 fully saturated rings. The minimum Gasteiger partial charge on any atom is -0.478 e. The van der Waals surface area contributed by atoms with E-state index in [0.29, 0.717) is 61.5 Å². The van der Waals surface area contributed by atoms with E-state index in [4.69, 9.17) is 25.8 Å². The van der Waals surface area contributed by atoms with Crippen LogP contribution >= 0.6 is 11.6 Å². The summed E-state index contributed by atoms with van der Waals surface area (Å²) in [6.45, 7) is 8.54. The van der Waals surface area contributed by atoms with E-state index in [9.17, 15) is 14.7 Å². The van der Waals surface area contributed by atoms with E-state index in [0.717, 1.165) is 87.1 Å². The quantitative estimate of drug-likeness (QED) is 0.150. The average molecular weight is 676 g/mol. The van der Waals surface area contributed by atoms with Crippen molar-refractivity contribution in [3.05, 3.63) is 88.2 Å². The number of nitrogens with zero attached hydrogens (tertiary/aromatic N) is 2. The number of allylic oxidation sites excluding steroid dienone is 1. The maximum absolute atomic E-state index is 13.3. The summed E-state index contributed by atoms with van der Waals surface area (Å²) in [5, 5.41) is 13.2. The Labute approximate surface area is 288 Å². The molecule has 3 heterocycles. The van der Waals surface area contributed by atoms with Crippen LogP contribution in [0.5, 0.6) is 5.75 Å². The fourth-order valence-corrected chi connectivity index (χ4v) is 6.72. The molecule has 0 aromatic heterocycles. The number of ether oxygens (including phenoxy) is 3. The number of carboxylic acids is 1. The highest BCUT2D eigenvalue weighted by molar-refractivity contribution is 6.17. The Morgan fingerprint density at radius 2 is 1.71 bits per heavy atom. The molecule has 256 valence electrons. The first-order chi connectivity index (χ1) is 23.4. The number of alkyl halides is 1. The van der Waals surface area contributed by atoms with Gasteiger partial charge in [-0.1, -0.05) is 25.0 Å². The number of carbonyl (C=O) groups excluding carboxylic acids is 1. The minimum absolute atomic E-state index is 0.125. The molecule has 4 aliphatic rings. The van der Waals surface area contributed by atoms with Crippen molar-refractivity contribution in [2.24, 2.45) is 0 Å². The molecule has 2 aromatic carbocycles. The van der Waals surface area contributed by atoms with Crippen LogP contribution in [0, 0.1) is 0 Å². The molecule has 10 heteroatoms. The van der Waals surface area contributed by atoms with Crippen molar-refractivity contribution in [2.75, 3.05) is 69.9 Å². The van der Waals surface area contributed by atoms with Gasteiger partial charge in [0.2, 0.25) is 0 Å².